The van der Waals surface area contributed by atoms with Gasteiger partial charge in [0.05, 0.1) is 16.8 Å². The standard InChI is InChI=1S/C28H25N5O3S/c1-33-17-25(19-12-14-29-15-13-19)27(31-33)20-8-10-22(11-9-20)36-18-21-16-24(28(34)32-37(2,3)35)23-6-4-5-7-26(23)30-21/h4-17H,18H2,1-3H3. The van der Waals surface area contributed by atoms with Crippen LogP contribution in [-0.4, -0.2) is 42.4 Å². The van der Waals surface area contributed by atoms with Gasteiger partial charge >= 0.3 is 0 Å². The van der Waals surface area contributed by atoms with Crippen molar-refractivity contribution < 1.29 is 13.7 Å². The monoisotopic (exact) mass is 511 g/mol. The van der Waals surface area contributed by atoms with Crippen molar-refractivity contribution in [3.8, 4) is 28.1 Å². The normalized spacial score (nSPS) is 11.4. The van der Waals surface area contributed by atoms with Crippen LogP contribution in [0.1, 0.15) is 16.1 Å². The summed E-state index contributed by atoms with van der Waals surface area (Å²) in [5.41, 5.74) is 5.46. The molecule has 0 saturated carbocycles. The van der Waals surface area contributed by atoms with Crippen LogP contribution in [0.4, 0.5) is 0 Å². The molecule has 0 atom stereocenters. The number of benzene rings is 2. The van der Waals surface area contributed by atoms with Gasteiger partial charge in [0.1, 0.15) is 18.1 Å². The van der Waals surface area contributed by atoms with E-state index in [2.05, 4.69) is 19.4 Å². The highest BCUT2D eigenvalue weighted by Gasteiger charge is 2.15. The van der Waals surface area contributed by atoms with Gasteiger partial charge in [0.15, 0.2) is 0 Å². The number of fused-ring (bicyclic) bond motifs is 1. The molecule has 0 saturated heterocycles. The van der Waals surface area contributed by atoms with E-state index in [-0.39, 0.29) is 6.61 Å². The Morgan fingerprint density at radius 2 is 1.73 bits per heavy atom. The zero-order valence-corrected chi connectivity index (χ0v) is 21.5. The first-order valence-electron chi connectivity index (χ1n) is 11.5. The summed E-state index contributed by atoms with van der Waals surface area (Å²) in [6.45, 7) is 0.157. The lowest BCUT2D eigenvalue weighted by Gasteiger charge is -2.10. The average Bonchev–Trinajstić information content (AvgIpc) is 3.28. The van der Waals surface area contributed by atoms with Gasteiger partial charge in [-0.3, -0.25) is 14.5 Å². The number of rotatable bonds is 6. The molecule has 9 heteroatoms. The number of carbonyl (C=O) groups is 1. The Kier molecular flexibility index (Phi) is 6.54. The highest BCUT2D eigenvalue weighted by atomic mass is 32.2. The van der Waals surface area contributed by atoms with Gasteiger partial charge in [-0.15, -0.1) is 0 Å². The average molecular weight is 512 g/mol. The zero-order chi connectivity index (χ0) is 26.0. The van der Waals surface area contributed by atoms with Gasteiger partial charge < -0.3 is 4.74 Å². The first-order chi connectivity index (χ1) is 17.8. The van der Waals surface area contributed by atoms with Crippen LogP contribution in [0.3, 0.4) is 0 Å². The summed E-state index contributed by atoms with van der Waals surface area (Å²) in [7, 11) is -0.694. The number of hydrogen-bond donors (Lipinski definition) is 0. The number of amides is 1. The Balaban J connectivity index is 1.39. The molecule has 3 heterocycles. The molecule has 0 aliphatic rings. The second-order valence-corrected chi connectivity index (χ2v) is 11.4. The molecule has 3 aromatic heterocycles. The minimum atomic E-state index is -2.59. The number of aromatic nitrogens is 4. The van der Waals surface area contributed by atoms with Crippen molar-refractivity contribution in [2.24, 2.45) is 11.4 Å². The number of carbonyl (C=O) groups excluding carboxylic acids is 1. The molecule has 8 nitrogen and oxygen atoms in total. The Bertz CT molecular complexity index is 1710. The van der Waals surface area contributed by atoms with Crippen molar-refractivity contribution in [3.05, 3.63) is 96.6 Å². The van der Waals surface area contributed by atoms with Gasteiger partial charge in [0.25, 0.3) is 5.91 Å². The molecule has 5 aromatic rings. The molecule has 5 rings (SSSR count). The van der Waals surface area contributed by atoms with E-state index in [1.807, 2.05) is 67.8 Å². The highest BCUT2D eigenvalue weighted by Crippen LogP contribution is 2.31. The smallest absolute Gasteiger partial charge is 0.285 e. The van der Waals surface area contributed by atoms with Crippen LogP contribution in [0.25, 0.3) is 33.3 Å². The molecule has 0 aliphatic heterocycles. The molecule has 0 aliphatic carbocycles. The number of aryl methyl sites for hydroxylation is 1. The molecule has 186 valence electrons. The third-order valence-corrected chi connectivity index (χ3v) is 6.24. The maximum atomic E-state index is 12.8. The lowest BCUT2D eigenvalue weighted by atomic mass is 10.0. The predicted molar refractivity (Wildman–Crippen MR) is 145 cm³/mol. The summed E-state index contributed by atoms with van der Waals surface area (Å²) in [6.07, 6.45) is 8.39. The summed E-state index contributed by atoms with van der Waals surface area (Å²) in [6, 6.07) is 20.6. The van der Waals surface area contributed by atoms with Gasteiger partial charge in [0, 0.05) is 64.4 Å². The Morgan fingerprint density at radius 1 is 1.00 bits per heavy atom. The van der Waals surface area contributed by atoms with Gasteiger partial charge in [-0.05, 0) is 54.1 Å². The first kappa shape index (κ1) is 24.3. The maximum absolute atomic E-state index is 12.8. The largest absolute Gasteiger partial charge is 0.487 e. The van der Waals surface area contributed by atoms with Crippen LogP contribution in [0, 0.1) is 0 Å². The van der Waals surface area contributed by atoms with Crippen LogP contribution < -0.4 is 4.74 Å². The molecular formula is C28H25N5O3S. The van der Waals surface area contributed by atoms with E-state index in [9.17, 15) is 9.00 Å². The van der Waals surface area contributed by atoms with Crippen molar-refractivity contribution in [1.82, 2.24) is 19.7 Å². The predicted octanol–water partition coefficient (Wildman–Crippen LogP) is 5.14. The molecule has 2 aromatic carbocycles. The Labute approximate surface area is 215 Å². The van der Waals surface area contributed by atoms with Crippen molar-refractivity contribution in [2.75, 3.05) is 12.5 Å². The summed E-state index contributed by atoms with van der Waals surface area (Å²) in [5, 5.41) is 5.31. The molecule has 0 N–H and O–H groups in total. The van der Waals surface area contributed by atoms with Crippen LogP contribution >= 0.6 is 0 Å². The van der Waals surface area contributed by atoms with E-state index in [4.69, 9.17) is 4.74 Å². The van der Waals surface area contributed by atoms with Crippen molar-refractivity contribution in [1.29, 1.82) is 0 Å². The van der Waals surface area contributed by atoms with Crippen LogP contribution in [0.2, 0.25) is 0 Å². The Hall–Kier alpha value is -4.37. The fourth-order valence-corrected chi connectivity index (χ4v) is 4.54. The van der Waals surface area contributed by atoms with E-state index >= 15 is 0 Å². The van der Waals surface area contributed by atoms with E-state index in [1.54, 1.807) is 29.2 Å². The minimum Gasteiger partial charge on any atom is -0.487 e. The molecule has 0 bridgehead atoms. The third-order valence-electron chi connectivity index (χ3n) is 5.64. The molecule has 0 radical (unpaired) electrons. The van der Waals surface area contributed by atoms with E-state index < -0.39 is 15.6 Å². The van der Waals surface area contributed by atoms with Gasteiger partial charge in [-0.1, -0.05) is 18.2 Å². The lowest BCUT2D eigenvalue weighted by molar-refractivity contribution is 0.101. The number of pyridine rings is 2. The van der Waals surface area contributed by atoms with Crippen molar-refractivity contribution in [3.63, 3.8) is 0 Å². The highest BCUT2D eigenvalue weighted by molar-refractivity contribution is 7.92. The molecule has 1 amide bonds. The summed E-state index contributed by atoms with van der Waals surface area (Å²) < 4.78 is 23.8. The quantitative estimate of drug-likeness (QED) is 0.313. The molecule has 0 unspecified atom stereocenters. The number of para-hydroxylation sites is 1. The summed E-state index contributed by atoms with van der Waals surface area (Å²) in [5.74, 6) is 0.127. The van der Waals surface area contributed by atoms with Crippen LogP contribution in [-0.2, 0) is 23.4 Å². The molecule has 0 spiro atoms. The van der Waals surface area contributed by atoms with Crippen molar-refractivity contribution in [2.45, 2.75) is 6.61 Å². The molecular weight excluding hydrogens is 486 g/mol. The van der Waals surface area contributed by atoms with E-state index in [1.165, 1.54) is 12.5 Å². The van der Waals surface area contributed by atoms with Crippen LogP contribution in [0.5, 0.6) is 5.75 Å². The van der Waals surface area contributed by atoms with Gasteiger partial charge in [-0.25, -0.2) is 9.19 Å². The topological polar surface area (TPSA) is 99.3 Å². The molecule has 37 heavy (non-hydrogen) atoms. The van der Waals surface area contributed by atoms with Crippen LogP contribution in [0.15, 0.2) is 89.7 Å². The second kappa shape index (κ2) is 9.94. The summed E-state index contributed by atoms with van der Waals surface area (Å²) in [4.78, 5) is 21.5. The van der Waals surface area contributed by atoms with Crippen molar-refractivity contribution >= 4 is 26.5 Å². The zero-order valence-electron chi connectivity index (χ0n) is 20.7. The Morgan fingerprint density at radius 3 is 2.46 bits per heavy atom. The SMILES string of the molecule is Cn1cc(-c2ccncc2)c(-c2ccc(OCc3cc(C(=O)N=S(C)(C)=O)c4ccccc4n3)cc2)n1. The lowest BCUT2D eigenvalue weighted by Crippen LogP contribution is -2.06. The second-order valence-electron chi connectivity index (χ2n) is 8.87. The maximum Gasteiger partial charge on any atom is 0.285 e. The van der Waals surface area contributed by atoms with Gasteiger partial charge in [0.2, 0.25) is 0 Å². The molecule has 0 fully saturated rings. The summed E-state index contributed by atoms with van der Waals surface area (Å²) >= 11 is 0. The van der Waals surface area contributed by atoms with E-state index in [0.717, 1.165) is 22.4 Å². The number of hydrogen-bond acceptors (Lipinski definition) is 6. The van der Waals surface area contributed by atoms with E-state index in [0.29, 0.717) is 27.9 Å². The number of ether oxygens (including phenoxy) is 1. The minimum absolute atomic E-state index is 0.157. The third kappa shape index (κ3) is 5.57. The first-order valence-corrected chi connectivity index (χ1v) is 13.9. The van der Waals surface area contributed by atoms with Gasteiger partial charge in [-0.2, -0.15) is 9.46 Å². The number of nitrogens with zero attached hydrogens (tertiary/aromatic N) is 5. The fraction of sp³-hybridized carbons (Fsp3) is 0.143. The fourth-order valence-electron chi connectivity index (χ4n) is 4.04.